The number of hydrogen-bond acceptors (Lipinski definition) is 4. The number of benzene rings is 1. The smallest absolute Gasteiger partial charge is 0.306 e. The molecule has 1 fully saturated rings. The van der Waals surface area contributed by atoms with Crippen LogP contribution in [0.4, 0.5) is 0 Å². The molecule has 1 aromatic heterocycles. The van der Waals surface area contributed by atoms with E-state index in [9.17, 15) is 4.79 Å². The lowest BCUT2D eigenvalue weighted by Crippen LogP contribution is -2.43. The van der Waals surface area contributed by atoms with Crippen molar-refractivity contribution in [3.63, 3.8) is 0 Å². The Labute approximate surface area is 128 Å². The van der Waals surface area contributed by atoms with Crippen molar-refractivity contribution >= 4 is 27.5 Å². The van der Waals surface area contributed by atoms with Crippen molar-refractivity contribution in [3.05, 3.63) is 29.3 Å². The number of likely N-dealkylation sites (tertiary alicyclic amines) is 1. The largest absolute Gasteiger partial charge is 0.481 e. The number of nitrogens with zero attached hydrogens (tertiary/aromatic N) is 2. The van der Waals surface area contributed by atoms with Gasteiger partial charge in [0, 0.05) is 6.04 Å². The summed E-state index contributed by atoms with van der Waals surface area (Å²) in [6.07, 6.45) is 1.46. The number of thiazole rings is 1. The first kappa shape index (κ1) is 14.5. The van der Waals surface area contributed by atoms with Crippen molar-refractivity contribution in [1.29, 1.82) is 0 Å². The van der Waals surface area contributed by atoms with Gasteiger partial charge in [-0.25, -0.2) is 4.98 Å². The van der Waals surface area contributed by atoms with Crippen molar-refractivity contribution in [2.75, 3.05) is 6.54 Å². The Kier molecular flexibility index (Phi) is 3.95. The van der Waals surface area contributed by atoms with Gasteiger partial charge in [-0.1, -0.05) is 12.1 Å². The van der Waals surface area contributed by atoms with Gasteiger partial charge >= 0.3 is 5.97 Å². The number of aliphatic carboxylic acids is 1. The van der Waals surface area contributed by atoms with E-state index in [1.165, 1.54) is 4.70 Å². The fraction of sp³-hybridized carbons (Fsp3) is 0.500. The molecule has 0 spiro atoms. The van der Waals surface area contributed by atoms with Crippen molar-refractivity contribution in [3.8, 4) is 0 Å². The molecule has 0 amide bonds. The molecule has 2 heterocycles. The topological polar surface area (TPSA) is 53.4 Å². The van der Waals surface area contributed by atoms with Crippen LogP contribution in [0.25, 0.3) is 10.2 Å². The van der Waals surface area contributed by atoms with E-state index in [-0.39, 0.29) is 18.0 Å². The van der Waals surface area contributed by atoms with Gasteiger partial charge in [-0.2, -0.15) is 0 Å². The Hall–Kier alpha value is -1.46. The minimum atomic E-state index is -0.658. The Morgan fingerprint density at radius 2 is 2.24 bits per heavy atom. The number of fused-ring (bicyclic) bond motifs is 1. The average Bonchev–Trinajstić information content (AvgIpc) is 2.90. The predicted molar refractivity (Wildman–Crippen MR) is 84.6 cm³/mol. The number of hydrogen-bond donors (Lipinski definition) is 1. The van der Waals surface area contributed by atoms with Crippen LogP contribution in [0.3, 0.4) is 0 Å². The van der Waals surface area contributed by atoms with Crippen LogP contribution in [0.2, 0.25) is 0 Å². The fourth-order valence-corrected chi connectivity index (χ4v) is 4.24. The van der Waals surface area contributed by atoms with Crippen molar-refractivity contribution in [2.45, 2.75) is 38.8 Å². The third-order valence-electron chi connectivity index (χ3n) is 4.44. The van der Waals surface area contributed by atoms with Gasteiger partial charge in [0.2, 0.25) is 0 Å². The number of para-hydroxylation sites is 1. The molecule has 3 unspecified atom stereocenters. The lowest BCUT2D eigenvalue weighted by Gasteiger charge is -2.39. The van der Waals surface area contributed by atoms with Crippen molar-refractivity contribution in [2.24, 2.45) is 5.92 Å². The SMILES string of the molecule is CC1CC(C(=O)O)CCN1C(C)c1nc2ccccc2s1. The lowest BCUT2D eigenvalue weighted by atomic mass is 9.91. The molecule has 21 heavy (non-hydrogen) atoms. The monoisotopic (exact) mass is 304 g/mol. The van der Waals surface area contributed by atoms with Crippen molar-refractivity contribution in [1.82, 2.24) is 9.88 Å². The summed E-state index contributed by atoms with van der Waals surface area (Å²) in [5, 5.41) is 10.3. The number of carboxylic acid groups (broad SMARTS) is 1. The molecular weight excluding hydrogens is 284 g/mol. The molecular formula is C16H20N2O2S. The van der Waals surface area contributed by atoms with Crippen LogP contribution in [0, 0.1) is 5.92 Å². The molecule has 1 aromatic carbocycles. The second kappa shape index (κ2) is 5.73. The van der Waals surface area contributed by atoms with Gasteiger partial charge in [0.05, 0.1) is 22.2 Å². The zero-order chi connectivity index (χ0) is 15.0. The highest BCUT2D eigenvalue weighted by Gasteiger charge is 2.33. The molecule has 0 bridgehead atoms. The van der Waals surface area contributed by atoms with E-state index in [4.69, 9.17) is 10.1 Å². The third kappa shape index (κ3) is 2.80. The second-order valence-electron chi connectivity index (χ2n) is 5.84. The van der Waals surface area contributed by atoms with Crippen LogP contribution >= 0.6 is 11.3 Å². The molecule has 1 aliphatic heterocycles. The van der Waals surface area contributed by atoms with Gasteiger partial charge in [-0.05, 0) is 45.4 Å². The number of aromatic nitrogens is 1. The van der Waals surface area contributed by atoms with Crippen LogP contribution in [0.1, 0.15) is 37.7 Å². The summed E-state index contributed by atoms with van der Waals surface area (Å²) in [5.41, 5.74) is 1.05. The molecule has 0 saturated carbocycles. The highest BCUT2D eigenvalue weighted by molar-refractivity contribution is 7.18. The highest BCUT2D eigenvalue weighted by atomic mass is 32.1. The summed E-state index contributed by atoms with van der Waals surface area (Å²) in [6.45, 7) is 5.13. The molecule has 3 rings (SSSR count). The van der Waals surface area contributed by atoms with E-state index in [2.05, 4.69) is 24.8 Å². The van der Waals surface area contributed by atoms with Gasteiger partial charge in [0.25, 0.3) is 0 Å². The van der Waals surface area contributed by atoms with Crippen LogP contribution in [-0.4, -0.2) is 33.5 Å². The number of carbonyl (C=O) groups is 1. The standard InChI is InChI=1S/C16H20N2O2S/c1-10-9-12(16(19)20)7-8-18(10)11(2)15-17-13-5-3-4-6-14(13)21-15/h3-6,10-12H,7-9H2,1-2H3,(H,19,20). The predicted octanol–water partition coefficient (Wildman–Crippen LogP) is 3.54. The Morgan fingerprint density at radius 1 is 1.48 bits per heavy atom. The molecule has 1 aliphatic rings. The first-order valence-electron chi connectivity index (χ1n) is 7.40. The summed E-state index contributed by atoms with van der Waals surface area (Å²) >= 11 is 1.74. The van der Waals surface area contributed by atoms with Crippen LogP contribution in [0.15, 0.2) is 24.3 Å². The zero-order valence-corrected chi connectivity index (χ0v) is 13.1. The summed E-state index contributed by atoms with van der Waals surface area (Å²) in [5.74, 6) is -0.854. The maximum absolute atomic E-state index is 11.1. The maximum atomic E-state index is 11.1. The van der Waals surface area contributed by atoms with Crippen LogP contribution in [0.5, 0.6) is 0 Å². The van der Waals surface area contributed by atoms with E-state index >= 15 is 0 Å². The highest BCUT2D eigenvalue weighted by Crippen LogP contribution is 2.34. The second-order valence-corrected chi connectivity index (χ2v) is 6.90. The summed E-state index contributed by atoms with van der Waals surface area (Å²) in [7, 11) is 0. The van der Waals surface area contributed by atoms with Crippen LogP contribution < -0.4 is 0 Å². The summed E-state index contributed by atoms with van der Waals surface area (Å²) < 4.78 is 1.22. The minimum Gasteiger partial charge on any atom is -0.481 e. The van der Waals surface area contributed by atoms with Gasteiger partial charge in [-0.3, -0.25) is 9.69 Å². The third-order valence-corrected chi connectivity index (χ3v) is 5.65. The van der Waals surface area contributed by atoms with E-state index in [0.29, 0.717) is 0 Å². The first-order chi connectivity index (χ1) is 10.1. The summed E-state index contributed by atoms with van der Waals surface area (Å²) in [6, 6.07) is 8.72. The quantitative estimate of drug-likeness (QED) is 0.942. The van der Waals surface area contributed by atoms with Crippen molar-refractivity contribution < 1.29 is 9.90 Å². The molecule has 2 aromatic rings. The van der Waals surface area contributed by atoms with Gasteiger partial charge in [-0.15, -0.1) is 11.3 Å². The molecule has 0 radical (unpaired) electrons. The molecule has 3 atom stereocenters. The van der Waals surface area contributed by atoms with Gasteiger partial charge in [0.15, 0.2) is 0 Å². The molecule has 4 nitrogen and oxygen atoms in total. The molecule has 1 N–H and O–H groups in total. The molecule has 112 valence electrons. The Bertz CT molecular complexity index is 622. The summed E-state index contributed by atoms with van der Waals surface area (Å²) in [4.78, 5) is 18.3. The van der Waals surface area contributed by atoms with Crippen LogP contribution in [-0.2, 0) is 4.79 Å². The fourth-order valence-electron chi connectivity index (χ4n) is 3.20. The number of carboxylic acids is 1. The van der Waals surface area contributed by atoms with E-state index < -0.39 is 5.97 Å². The molecule has 0 aliphatic carbocycles. The zero-order valence-electron chi connectivity index (χ0n) is 12.3. The first-order valence-corrected chi connectivity index (χ1v) is 8.22. The maximum Gasteiger partial charge on any atom is 0.306 e. The van der Waals surface area contributed by atoms with Gasteiger partial charge < -0.3 is 5.11 Å². The molecule has 1 saturated heterocycles. The number of rotatable bonds is 3. The average molecular weight is 304 g/mol. The Balaban J connectivity index is 1.78. The molecule has 5 heteroatoms. The van der Waals surface area contributed by atoms with E-state index in [1.807, 2.05) is 18.2 Å². The van der Waals surface area contributed by atoms with Gasteiger partial charge in [0.1, 0.15) is 5.01 Å². The Morgan fingerprint density at radius 3 is 2.90 bits per heavy atom. The number of piperidine rings is 1. The lowest BCUT2D eigenvalue weighted by molar-refractivity contribution is -0.144. The normalized spacial score (nSPS) is 25.0. The van der Waals surface area contributed by atoms with E-state index in [1.54, 1.807) is 11.3 Å². The minimum absolute atomic E-state index is 0.196. The van der Waals surface area contributed by atoms with E-state index in [0.717, 1.165) is 29.9 Å².